The molecule has 2 N–H and O–H groups in total. The van der Waals surface area contributed by atoms with Gasteiger partial charge in [0.05, 0.1) is 20.8 Å². The number of nitrogens with one attached hydrogen (secondary N) is 2. The summed E-state index contributed by atoms with van der Waals surface area (Å²) in [4.78, 5) is 14.7. The Morgan fingerprint density at radius 1 is 1.00 bits per heavy atom. The second-order valence-corrected chi connectivity index (χ2v) is 7.19. The lowest BCUT2D eigenvalue weighted by Gasteiger charge is -2.32. The first-order chi connectivity index (χ1) is 13.6. The number of piperidine rings is 1. The maximum Gasteiger partial charge on any atom is 0.243 e. The molecule has 1 saturated heterocycles. The van der Waals surface area contributed by atoms with Crippen molar-refractivity contribution in [3.05, 3.63) is 42.5 Å². The van der Waals surface area contributed by atoms with E-state index in [2.05, 4.69) is 34.6 Å². The highest BCUT2D eigenvalue weighted by Crippen LogP contribution is 2.29. The van der Waals surface area contributed by atoms with Crippen LogP contribution in [0.4, 0.5) is 17.1 Å². The Morgan fingerprint density at radius 3 is 2.29 bits per heavy atom. The monoisotopic (exact) mass is 383 g/mol. The minimum atomic E-state index is -0.124. The SMILES string of the molecule is COc1ccc(NC(=O)CNc2ccc(N3CCC(C)CC3)cc2)cc1OC. The summed E-state index contributed by atoms with van der Waals surface area (Å²) in [6.45, 7) is 4.73. The molecule has 1 heterocycles. The Balaban J connectivity index is 1.50. The lowest BCUT2D eigenvalue weighted by Crippen LogP contribution is -2.32. The number of benzene rings is 2. The standard InChI is InChI=1S/C22H29N3O3/c1-16-10-12-25(13-11-16)19-7-4-17(5-8-19)23-15-22(26)24-18-6-9-20(27-2)21(14-18)28-3/h4-9,14,16,23H,10-13,15H2,1-3H3,(H,24,26). The Kier molecular flexibility index (Phi) is 6.63. The molecule has 1 fully saturated rings. The van der Waals surface area contributed by atoms with E-state index in [1.807, 2.05) is 12.1 Å². The van der Waals surface area contributed by atoms with Crippen molar-refractivity contribution in [2.24, 2.45) is 5.92 Å². The lowest BCUT2D eigenvalue weighted by atomic mass is 9.99. The van der Waals surface area contributed by atoms with E-state index < -0.39 is 0 Å². The van der Waals surface area contributed by atoms with Crippen molar-refractivity contribution in [1.82, 2.24) is 0 Å². The Morgan fingerprint density at radius 2 is 1.64 bits per heavy atom. The number of hydrogen-bond donors (Lipinski definition) is 2. The molecule has 28 heavy (non-hydrogen) atoms. The lowest BCUT2D eigenvalue weighted by molar-refractivity contribution is -0.114. The molecule has 150 valence electrons. The van der Waals surface area contributed by atoms with Crippen molar-refractivity contribution < 1.29 is 14.3 Å². The number of carbonyl (C=O) groups excluding carboxylic acids is 1. The molecule has 0 spiro atoms. The summed E-state index contributed by atoms with van der Waals surface area (Å²) in [6.07, 6.45) is 2.49. The summed E-state index contributed by atoms with van der Waals surface area (Å²) in [5.41, 5.74) is 2.84. The van der Waals surface area contributed by atoms with E-state index >= 15 is 0 Å². The summed E-state index contributed by atoms with van der Waals surface area (Å²) in [7, 11) is 3.15. The highest BCUT2D eigenvalue weighted by molar-refractivity contribution is 5.94. The molecule has 0 aliphatic carbocycles. The van der Waals surface area contributed by atoms with Crippen LogP contribution in [0.25, 0.3) is 0 Å². The maximum atomic E-state index is 12.2. The van der Waals surface area contributed by atoms with Crippen LogP contribution in [0.3, 0.4) is 0 Å². The van der Waals surface area contributed by atoms with Gasteiger partial charge in [0.15, 0.2) is 11.5 Å². The molecule has 0 saturated carbocycles. The molecule has 6 heteroatoms. The van der Waals surface area contributed by atoms with Gasteiger partial charge in [-0.15, -0.1) is 0 Å². The van der Waals surface area contributed by atoms with Crippen molar-refractivity contribution >= 4 is 23.0 Å². The Labute approximate surface area is 166 Å². The third-order valence-corrected chi connectivity index (χ3v) is 5.14. The van der Waals surface area contributed by atoms with Crippen molar-refractivity contribution in [3.8, 4) is 11.5 Å². The average Bonchev–Trinajstić information content (AvgIpc) is 2.73. The van der Waals surface area contributed by atoms with Gasteiger partial charge >= 0.3 is 0 Å². The topological polar surface area (TPSA) is 62.8 Å². The Hall–Kier alpha value is -2.89. The number of anilines is 3. The molecular weight excluding hydrogens is 354 g/mol. The zero-order valence-electron chi connectivity index (χ0n) is 16.8. The van der Waals surface area contributed by atoms with Crippen LogP contribution in [0.15, 0.2) is 42.5 Å². The van der Waals surface area contributed by atoms with Crippen molar-refractivity contribution in [3.63, 3.8) is 0 Å². The summed E-state index contributed by atoms with van der Waals surface area (Å²) in [5.74, 6) is 1.90. The molecule has 0 radical (unpaired) electrons. The van der Waals surface area contributed by atoms with Crippen LogP contribution in [0.5, 0.6) is 11.5 Å². The number of ether oxygens (including phenoxy) is 2. The first-order valence-corrected chi connectivity index (χ1v) is 9.70. The van der Waals surface area contributed by atoms with Gasteiger partial charge in [0.1, 0.15) is 0 Å². The van der Waals surface area contributed by atoms with Gasteiger partial charge in [-0.25, -0.2) is 0 Å². The number of carbonyl (C=O) groups is 1. The minimum Gasteiger partial charge on any atom is -0.493 e. The van der Waals surface area contributed by atoms with Gasteiger partial charge < -0.3 is 25.0 Å². The summed E-state index contributed by atoms with van der Waals surface area (Å²) >= 11 is 0. The van der Waals surface area contributed by atoms with Gasteiger partial charge in [-0.3, -0.25) is 4.79 Å². The van der Waals surface area contributed by atoms with Crippen LogP contribution in [0.2, 0.25) is 0 Å². The zero-order chi connectivity index (χ0) is 19.9. The van der Waals surface area contributed by atoms with E-state index in [9.17, 15) is 4.79 Å². The molecule has 0 unspecified atom stereocenters. The number of rotatable bonds is 7. The zero-order valence-corrected chi connectivity index (χ0v) is 16.8. The van der Waals surface area contributed by atoms with E-state index in [4.69, 9.17) is 9.47 Å². The predicted octanol–water partition coefficient (Wildman–Crippen LogP) is 3.99. The van der Waals surface area contributed by atoms with E-state index in [0.717, 1.165) is 24.7 Å². The fourth-order valence-electron chi connectivity index (χ4n) is 3.36. The number of methoxy groups -OCH3 is 2. The van der Waals surface area contributed by atoms with Crippen molar-refractivity contribution in [2.45, 2.75) is 19.8 Å². The van der Waals surface area contributed by atoms with E-state index in [0.29, 0.717) is 17.2 Å². The Bertz CT molecular complexity index is 784. The average molecular weight is 383 g/mol. The van der Waals surface area contributed by atoms with Crippen LogP contribution in [-0.4, -0.2) is 39.8 Å². The third kappa shape index (κ3) is 5.09. The number of nitrogens with zero attached hydrogens (tertiary/aromatic N) is 1. The molecule has 0 bridgehead atoms. The van der Waals surface area contributed by atoms with Gasteiger partial charge in [0.2, 0.25) is 5.91 Å². The maximum absolute atomic E-state index is 12.2. The van der Waals surface area contributed by atoms with Crippen LogP contribution < -0.4 is 25.0 Å². The van der Waals surface area contributed by atoms with Gasteiger partial charge in [-0.05, 0) is 55.2 Å². The fraction of sp³-hybridized carbons (Fsp3) is 0.409. The molecule has 1 amide bonds. The normalized spacial score (nSPS) is 14.5. The molecule has 0 aromatic heterocycles. The summed E-state index contributed by atoms with van der Waals surface area (Å²) in [6, 6.07) is 13.6. The first-order valence-electron chi connectivity index (χ1n) is 9.70. The van der Waals surface area contributed by atoms with Crippen LogP contribution in [0, 0.1) is 5.92 Å². The van der Waals surface area contributed by atoms with Gasteiger partial charge in [0, 0.05) is 36.2 Å². The molecule has 6 nitrogen and oxygen atoms in total. The van der Waals surface area contributed by atoms with E-state index in [1.54, 1.807) is 32.4 Å². The van der Waals surface area contributed by atoms with Gasteiger partial charge in [-0.2, -0.15) is 0 Å². The number of hydrogen-bond acceptors (Lipinski definition) is 5. The molecular formula is C22H29N3O3. The molecule has 2 aromatic rings. The molecule has 0 atom stereocenters. The van der Waals surface area contributed by atoms with Crippen molar-refractivity contribution in [1.29, 1.82) is 0 Å². The molecule has 2 aromatic carbocycles. The van der Waals surface area contributed by atoms with Gasteiger partial charge in [-0.1, -0.05) is 6.92 Å². The second kappa shape index (κ2) is 9.35. The second-order valence-electron chi connectivity index (χ2n) is 7.19. The summed E-state index contributed by atoms with van der Waals surface area (Å²) in [5, 5.41) is 6.03. The van der Waals surface area contributed by atoms with Crippen molar-refractivity contribution in [2.75, 3.05) is 49.4 Å². The quantitative estimate of drug-likeness (QED) is 0.757. The summed E-state index contributed by atoms with van der Waals surface area (Å²) < 4.78 is 10.5. The van der Waals surface area contributed by atoms with E-state index in [1.165, 1.54) is 18.5 Å². The molecule has 1 aliphatic heterocycles. The highest BCUT2D eigenvalue weighted by Gasteiger charge is 2.15. The van der Waals surface area contributed by atoms with E-state index in [-0.39, 0.29) is 12.5 Å². The first kappa shape index (κ1) is 19.9. The minimum absolute atomic E-state index is 0.124. The van der Waals surface area contributed by atoms with Gasteiger partial charge in [0.25, 0.3) is 0 Å². The third-order valence-electron chi connectivity index (χ3n) is 5.14. The molecule has 1 aliphatic rings. The predicted molar refractivity (Wildman–Crippen MR) is 114 cm³/mol. The smallest absolute Gasteiger partial charge is 0.243 e. The largest absolute Gasteiger partial charge is 0.493 e. The van der Waals surface area contributed by atoms with Crippen LogP contribution in [-0.2, 0) is 4.79 Å². The van der Waals surface area contributed by atoms with Crippen LogP contribution >= 0.6 is 0 Å². The molecule has 3 rings (SSSR count). The highest BCUT2D eigenvalue weighted by atomic mass is 16.5. The fourth-order valence-corrected chi connectivity index (χ4v) is 3.36. The number of amides is 1. The van der Waals surface area contributed by atoms with Crippen LogP contribution in [0.1, 0.15) is 19.8 Å².